The molecule has 1 saturated carbocycles. The fraction of sp³-hybridized carbons (Fsp3) is 0.474. The number of aromatic nitrogens is 2. The molecule has 1 aliphatic rings. The van der Waals surface area contributed by atoms with Crippen LogP contribution >= 0.6 is 0 Å². The first kappa shape index (κ1) is 18.1. The van der Waals surface area contributed by atoms with E-state index in [9.17, 15) is 4.79 Å². The maximum absolute atomic E-state index is 11.4. The summed E-state index contributed by atoms with van der Waals surface area (Å²) in [6.45, 7) is 0.388. The Hall–Kier alpha value is -2.72. The number of nitrogens with one attached hydrogen (secondary N) is 1. The average Bonchev–Trinajstić information content (AvgIpc) is 3.14. The number of nitriles is 1. The van der Waals surface area contributed by atoms with E-state index in [1.54, 1.807) is 18.2 Å². The lowest BCUT2D eigenvalue weighted by Crippen LogP contribution is -2.40. The molecule has 0 bridgehead atoms. The van der Waals surface area contributed by atoms with Gasteiger partial charge in [-0.1, -0.05) is 25.3 Å². The van der Waals surface area contributed by atoms with Gasteiger partial charge in [0.15, 0.2) is 0 Å². The van der Waals surface area contributed by atoms with Gasteiger partial charge in [-0.05, 0) is 37.0 Å². The molecule has 1 heterocycles. The lowest BCUT2D eigenvalue weighted by atomic mass is 9.82. The number of carbonyl (C=O) groups excluding carboxylic acids is 1. The van der Waals surface area contributed by atoms with E-state index in [0.717, 1.165) is 12.8 Å². The van der Waals surface area contributed by atoms with Crippen LogP contribution < -0.4 is 11.1 Å². The molecule has 26 heavy (non-hydrogen) atoms. The summed E-state index contributed by atoms with van der Waals surface area (Å²) < 4.78 is 5.70. The Kier molecular flexibility index (Phi) is 5.97. The molecule has 1 fully saturated rings. The highest BCUT2D eigenvalue weighted by molar-refractivity contribution is 5.74. The van der Waals surface area contributed by atoms with E-state index in [0.29, 0.717) is 41.8 Å². The highest BCUT2D eigenvalue weighted by Gasteiger charge is 2.25. The van der Waals surface area contributed by atoms with Gasteiger partial charge >= 0.3 is 0 Å². The molecule has 0 radical (unpaired) electrons. The SMILES string of the molecule is N#Cc1cccc(-c2nnc(CNC(CC(N)=O)C3CCCCC3)o2)c1. The number of amides is 1. The van der Waals surface area contributed by atoms with E-state index < -0.39 is 0 Å². The number of carbonyl (C=O) groups is 1. The van der Waals surface area contributed by atoms with Crippen LogP contribution in [0.5, 0.6) is 0 Å². The van der Waals surface area contributed by atoms with Crippen molar-refractivity contribution >= 4 is 5.91 Å². The van der Waals surface area contributed by atoms with Crippen LogP contribution in [0.4, 0.5) is 0 Å². The van der Waals surface area contributed by atoms with E-state index in [1.807, 2.05) is 6.07 Å². The van der Waals surface area contributed by atoms with Gasteiger partial charge in [-0.25, -0.2) is 0 Å². The predicted octanol–water partition coefficient (Wildman–Crippen LogP) is 2.52. The average molecular weight is 353 g/mol. The standard InChI is InChI=1S/C19H23N5O2/c20-11-13-5-4-8-15(9-13)19-24-23-18(26-19)12-22-16(10-17(21)25)14-6-2-1-3-7-14/h4-5,8-9,14,16,22H,1-3,6-7,10,12H2,(H2,21,25). The molecular weight excluding hydrogens is 330 g/mol. The number of rotatable bonds is 7. The van der Waals surface area contributed by atoms with Gasteiger partial charge in [0.1, 0.15) is 0 Å². The third kappa shape index (κ3) is 4.67. The molecule has 7 nitrogen and oxygen atoms in total. The van der Waals surface area contributed by atoms with Gasteiger partial charge in [-0.2, -0.15) is 5.26 Å². The van der Waals surface area contributed by atoms with Crippen molar-refractivity contribution in [3.05, 3.63) is 35.7 Å². The Bertz CT molecular complexity index is 789. The lowest BCUT2D eigenvalue weighted by molar-refractivity contribution is -0.118. The summed E-state index contributed by atoms with van der Waals surface area (Å²) in [6.07, 6.45) is 6.19. The molecule has 1 unspecified atom stereocenters. The summed E-state index contributed by atoms with van der Waals surface area (Å²) in [7, 11) is 0. The summed E-state index contributed by atoms with van der Waals surface area (Å²) in [6, 6.07) is 9.16. The summed E-state index contributed by atoms with van der Waals surface area (Å²) in [5.74, 6) is 0.981. The number of primary amides is 1. The van der Waals surface area contributed by atoms with Crippen molar-refractivity contribution in [1.82, 2.24) is 15.5 Å². The second kappa shape index (κ2) is 8.59. The van der Waals surface area contributed by atoms with Crippen molar-refractivity contribution in [2.75, 3.05) is 0 Å². The van der Waals surface area contributed by atoms with Crippen LogP contribution in [-0.2, 0) is 11.3 Å². The molecule has 136 valence electrons. The topological polar surface area (TPSA) is 118 Å². The summed E-state index contributed by atoms with van der Waals surface area (Å²) in [5.41, 5.74) is 6.67. The van der Waals surface area contributed by atoms with Gasteiger partial charge in [0.05, 0.1) is 18.2 Å². The Balaban J connectivity index is 1.65. The van der Waals surface area contributed by atoms with Gasteiger partial charge in [-0.15, -0.1) is 10.2 Å². The van der Waals surface area contributed by atoms with E-state index in [1.165, 1.54) is 19.3 Å². The van der Waals surface area contributed by atoms with Crippen LogP contribution in [0.3, 0.4) is 0 Å². The van der Waals surface area contributed by atoms with Crippen LogP contribution in [0.15, 0.2) is 28.7 Å². The lowest BCUT2D eigenvalue weighted by Gasteiger charge is -2.30. The number of nitrogens with zero attached hydrogens (tertiary/aromatic N) is 3. The zero-order valence-corrected chi connectivity index (χ0v) is 14.6. The number of hydrogen-bond donors (Lipinski definition) is 2. The maximum atomic E-state index is 11.4. The molecule has 3 rings (SSSR count). The van der Waals surface area contributed by atoms with Crippen molar-refractivity contribution in [3.8, 4) is 17.5 Å². The van der Waals surface area contributed by atoms with E-state index in [-0.39, 0.29) is 11.9 Å². The van der Waals surface area contributed by atoms with Crippen LogP contribution in [0, 0.1) is 17.2 Å². The molecule has 1 atom stereocenters. The van der Waals surface area contributed by atoms with E-state index >= 15 is 0 Å². The van der Waals surface area contributed by atoms with E-state index in [2.05, 4.69) is 21.6 Å². The minimum Gasteiger partial charge on any atom is -0.419 e. The molecular formula is C19H23N5O2. The van der Waals surface area contributed by atoms with Crippen molar-refractivity contribution in [3.63, 3.8) is 0 Å². The third-order valence-electron chi connectivity index (χ3n) is 4.86. The molecule has 3 N–H and O–H groups in total. The Morgan fingerprint density at radius 2 is 2.15 bits per heavy atom. The first-order valence-corrected chi connectivity index (χ1v) is 9.00. The maximum Gasteiger partial charge on any atom is 0.247 e. The summed E-state index contributed by atoms with van der Waals surface area (Å²) >= 11 is 0. The van der Waals surface area contributed by atoms with Crippen molar-refractivity contribution in [2.45, 2.75) is 51.1 Å². The van der Waals surface area contributed by atoms with Crippen molar-refractivity contribution in [1.29, 1.82) is 5.26 Å². The monoisotopic (exact) mass is 353 g/mol. The van der Waals surface area contributed by atoms with Gasteiger partial charge in [-0.3, -0.25) is 4.79 Å². The molecule has 0 saturated heterocycles. The van der Waals surface area contributed by atoms with Gasteiger partial charge < -0.3 is 15.5 Å². The van der Waals surface area contributed by atoms with Crippen LogP contribution in [0.1, 0.15) is 50.0 Å². The molecule has 0 aliphatic heterocycles. The minimum absolute atomic E-state index is 0.0325. The number of hydrogen-bond acceptors (Lipinski definition) is 6. The summed E-state index contributed by atoms with van der Waals surface area (Å²) in [4.78, 5) is 11.4. The van der Waals surface area contributed by atoms with Gasteiger partial charge in [0.2, 0.25) is 17.7 Å². The number of nitrogens with two attached hydrogens (primary N) is 1. The van der Waals surface area contributed by atoms with Crippen LogP contribution in [0.2, 0.25) is 0 Å². The third-order valence-corrected chi connectivity index (χ3v) is 4.86. The Morgan fingerprint density at radius 1 is 1.35 bits per heavy atom. The van der Waals surface area contributed by atoms with E-state index in [4.69, 9.17) is 15.4 Å². The summed E-state index contributed by atoms with van der Waals surface area (Å²) in [5, 5.41) is 20.5. The molecule has 0 spiro atoms. The first-order chi connectivity index (χ1) is 12.7. The van der Waals surface area contributed by atoms with Crippen LogP contribution in [-0.4, -0.2) is 22.1 Å². The zero-order valence-electron chi connectivity index (χ0n) is 14.6. The second-order valence-electron chi connectivity index (χ2n) is 6.75. The Morgan fingerprint density at radius 3 is 2.88 bits per heavy atom. The molecule has 2 aromatic rings. The van der Waals surface area contributed by atoms with Crippen molar-refractivity contribution in [2.24, 2.45) is 11.7 Å². The molecule has 1 aliphatic carbocycles. The minimum atomic E-state index is -0.299. The first-order valence-electron chi connectivity index (χ1n) is 9.00. The fourth-order valence-electron chi connectivity index (χ4n) is 3.54. The predicted molar refractivity (Wildman–Crippen MR) is 95.5 cm³/mol. The number of benzene rings is 1. The Labute approximate surface area is 152 Å². The molecule has 1 amide bonds. The molecule has 7 heteroatoms. The van der Waals surface area contributed by atoms with Gasteiger partial charge in [0, 0.05) is 18.0 Å². The zero-order chi connectivity index (χ0) is 18.4. The van der Waals surface area contributed by atoms with Crippen molar-refractivity contribution < 1.29 is 9.21 Å². The highest BCUT2D eigenvalue weighted by Crippen LogP contribution is 2.28. The smallest absolute Gasteiger partial charge is 0.247 e. The molecule has 1 aromatic carbocycles. The normalized spacial score (nSPS) is 16.1. The fourth-order valence-corrected chi connectivity index (χ4v) is 3.54. The van der Waals surface area contributed by atoms with Gasteiger partial charge in [0.25, 0.3) is 0 Å². The molecule has 1 aromatic heterocycles. The quantitative estimate of drug-likeness (QED) is 0.789. The largest absolute Gasteiger partial charge is 0.419 e. The second-order valence-corrected chi connectivity index (χ2v) is 6.75. The van der Waals surface area contributed by atoms with Crippen LogP contribution in [0.25, 0.3) is 11.5 Å². The highest BCUT2D eigenvalue weighted by atomic mass is 16.4.